The van der Waals surface area contributed by atoms with Crippen LogP contribution in [0.2, 0.25) is 0 Å². The summed E-state index contributed by atoms with van der Waals surface area (Å²) in [5.74, 6) is 1.19. The third-order valence-electron chi connectivity index (χ3n) is 5.51. The minimum absolute atomic E-state index is 0.0356. The van der Waals surface area contributed by atoms with Gasteiger partial charge in [-0.1, -0.05) is 24.3 Å². The zero-order valence-electron chi connectivity index (χ0n) is 17.2. The topological polar surface area (TPSA) is 101 Å². The van der Waals surface area contributed by atoms with Crippen molar-refractivity contribution in [2.45, 2.75) is 49.4 Å². The summed E-state index contributed by atoms with van der Waals surface area (Å²) in [6.45, 7) is 2.94. The van der Waals surface area contributed by atoms with Gasteiger partial charge in [-0.3, -0.25) is 10.1 Å². The van der Waals surface area contributed by atoms with Gasteiger partial charge in [0.25, 0.3) is 0 Å². The monoisotopic (exact) mass is 463 g/mol. The molecule has 0 unspecified atom stereocenters. The highest BCUT2D eigenvalue weighted by molar-refractivity contribution is 8.01. The van der Waals surface area contributed by atoms with E-state index in [1.807, 2.05) is 23.1 Å². The van der Waals surface area contributed by atoms with E-state index in [-0.39, 0.29) is 24.6 Å². The molecule has 1 aromatic heterocycles. The number of carbonyl (C=O) groups is 2. The van der Waals surface area contributed by atoms with E-state index in [4.69, 9.17) is 14.6 Å². The molecular formula is C21H25N3O5S2. The number of thioether (sulfide) groups is 1. The Morgan fingerprint density at radius 3 is 2.81 bits per heavy atom. The first-order valence-corrected chi connectivity index (χ1v) is 12.0. The fourth-order valence-corrected chi connectivity index (χ4v) is 5.42. The molecule has 2 N–H and O–H groups in total. The Hall–Kier alpha value is -2.46. The van der Waals surface area contributed by atoms with Crippen LogP contribution < -0.4 is 14.8 Å². The zero-order chi connectivity index (χ0) is 21.8. The van der Waals surface area contributed by atoms with Crippen LogP contribution in [0.3, 0.4) is 0 Å². The molecule has 1 aromatic carbocycles. The van der Waals surface area contributed by atoms with Crippen LogP contribution in [-0.4, -0.2) is 45.6 Å². The molecule has 1 fully saturated rings. The van der Waals surface area contributed by atoms with Crippen molar-refractivity contribution in [3.63, 3.8) is 0 Å². The second-order valence-corrected chi connectivity index (χ2v) is 10.1. The summed E-state index contributed by atoms with van der Waals surface area (Å²) in [6.07, 6.45) is 5.73. The molecule has 2 aromatic rings. The Labute approximate surface area is 188 Å². The van der Waals surface area contributed by atoms with Gasteiger partial charge >= 0.3 is 12.0 Å². The van der Waals surface area contributed by atoms with Crippen LogP contribution in [0.25, 0.3) is 0 Å². The van der Waals surface area contributed by atoms with Gasteiger partial charge in [0.1, 0.15) is 0 Å². The summed E-state index contributed by atoms with van der Waals surface area (Å²) >= 11 is 2.48. The first-order valence-electron chi connectivity index (χ1n) is 10.2. The van der Waals surface area contributed by atoms with E-state index in [0.29, 0.717) is 23.3 Å². The van der Waals surface area contributed by atoms with E-state index in [2.05, 4.69) is 17.2 Å². The number of nitrogens with one attached hydrogen (secondary N) is 1. The Morgan fingerprint density at radius 1 is 1.26 bits per heavy atom. The molecule has 0 saturated heterocycles. The Balaban J connectivity index is 1.47. The molecule has 0 atom stereocenters. The highest BCUT2D eigenvalue weighted by Crippen LogP contribution is 2.34. The number of benzene rings is 1. The van der Waals surface area contributed by atoms with Crippen molar-refractivity contribution in [2.75, 3.05) is 17.9 Å². The lowest BCUT2D eigenvalue weighted by atomic mass is 9.86. The SMILES string of the molecule is C[C@H]1CC[C@H](N(Cc2ccc3c(c2)OCO3)C(=O)Nc2ncc(SCC(=O)O)s2)CC1. The number of aliphatic carboxylic acids is 1. The number of hydrogen-bond acceptors (Lipinski definition) is 7. The number of fused-ring (bicyclic) bond motifs is 1. The molecule has 0 spiro atoms. The van der Waals surface area contributed by atoms with Crippen LogP contribution in [0.1, 0.15) is 38.2 Å². The van der Waals surface area contributed by atoms with Crippen LogP contribution in [0.4, 0.5) is 9.93 Å². The van der Waals surface area contributed by atoms with Crippen LogP contribution in [0, 0.1) is 5.92 Å². The molecule has 2 heterocycles. The number of anilines is 1. The van der Waals surface area contributed by atoms with Crippen LogP contribution in [0.5, 0.6) is 11.5 Å². The molecule has 31 heavy (non-hydrogen) atoms. The average molecular weight is 464 g/mol. The predicted molar refractivity (Wildman–Crippen MR) is 119 cm³/mol. The Kier molecular flexibility index (Phi) is 6.86. The Morgan fingerprint density at radius 2 is 2.03 bits per heavy atom. The number of hydrogen-bond donors (Lipinski definition) is 2. The van der Waals surface area contributed by atoms with Crippen LogP contribution in [-0.2, 0) is 11.3 Å². The highest BCUT2D eigenvalue weighted by atomic mass is 32.2. The summed E-state index contributed by atoms with van der Waals surface area (Å²) in [7, 11) is 0. The molecule has 166 valence electrons. The van der Waals surface area contributed by atoms with E-state index in [1.165, 1.54) is 23.1 Å². The summed E-state index contributed by atoms with van der Waals surface area (Å²) in [5, 5.41) is 12.2. The molecular weight excluding hydrogens is 438 g/mol. The number of urea groups is 1. The van der Waals surface area contributed by atoms with Crippen LogP contribution >= 0.6 is 23.1 Å². The number of carboxylic acid groups (broad SMARTS) is 1. The standard InChI is InChI=1S/C21H25N3O5S2/c1-13-2-5-15(6-3-13)24(10-14-4-7-16-17(8-14)29-12-28-16)21(27)23-20-22-9-19(31-20)30-11-18(25)26/h4,7-9,13,15H,2-3,5-6,10-12H2,1H3,(H,25,26)(H,22,23,27)/t13-,15-. The average Bonchev–Trinajstić information content (AvgIpc) is 3.40. The number of aromatic nitrogens is 1. The summed E-state index contributed by atoms with van der Waals surface area (Å²) in [6, 6.07) is 5.73. The van der Waals surface area contributed by atoms with Crippen molar-refractivity contribution < 1.29 is 24.2 Å². The second kappa shape index (κ2) is 9.78. The first kappa shape index (κ1) is 21.8. The molecule has 2 aliphatic rings. The third kappa shape index (κ3) is 5.62. The quantitative estimate of drug-likeness (QED) is 0.576. The van der Waals surface area contributed by atoms with Gasteiger partial charge in [-0.2, -0.15) is 0 Å². The maximum absolute atomic E-state index is 13.2. The van der Waals surface area contributed by atoms with Crippen LogP contribution in [0.15, 0.2) is 28.6 Å². The fraction of sp³-hybridized carbons (Fsp3) is 0.476. The maximum atomic E-state index is 13.2. The molecule has 8 nitrogen and oxygen atoms in total. The van der Waals surface area contributed by atoms with Crippen molar-refractivity contribution in [3.05, 3.63) is 30.0 Å². The number of rotatable bonds is 7. The largest absolute Gasteiger partial charge is 0.481 e. The van der Waals surface area contributed by atoms with Crippen molar-refractivity contribution >= 4 is 40.2 Å². The van der Waals surface area contributed by atoms with E-state index in [1.54, 1.807) is 6.20 Å². The summed E-state index contributed by atoms with van der Waals surface area (Å²) in [4.78, 5) is 30.1. The van der Waals surface area contributed by atoms with Crippen molar-refractivity contribution in [1.29, 1.82) is 0 Å². The predicted octanol–water partition coefficient (Wildman–Crippen LogP) is 4.66. The number of nitrogens with zero attached hydrogens (tertiary/aromatic N) is 2. The van der Waals surface area contributed by atoms with Crippen molar-refractivity contribution in [1.82, 2.24) is 9.88 Å². The molecule has 0 radical (unpaired) electrons. The number of carboxylic acids is 1. The smallest absolute Gasteiger partial charge is 0.324 e. The fourth-order valence-electron chi connectivity index (χ4n) is 3.84. The molecule has 10 heteroatoms. The maximum Gasteiger partial charge on any atom is 0.324 e. The molecule has 0 bridgehead atoms. The van der Waals surface area contributed by atoms with E-state index in [0.717, 1.165) is 41.2 Å². The van der Waals surface area contributed by atoms with Gasteiger partial charge in [0, 0.05) is 12.6 Å². The minimum Gasteiger partial charge on any atom is -0.481 e. The summed E-state index contributed by atoms with van der Waals surface area (Å²) in [5.41, 5.74) is 0.981. The highest BCUT2D eigenvalue weighted by Gasteiger charge is 2.29. The minimum atomic E-state index is -0.884. The number of thiazole rings is 1. The first-order chi connectivity index (χ1) is 15.0. The molecule has 1 aliphatic carbocycles. The normalized spacial score (nSPS) is 19.8. The van der Waals surface area contributed by atoms with E-state index in [9.17, 15) is 9.59 Å². The number of carbonyl (C=O) groups excluding carboxylic acids is 1. The molecule has 1 aliphatic heterocycles. The van der Waals surface area contributed by atoms with E-state index < -0.39 is 5.97 Å². The number of ether oxygens (including phenoxy) is 2. The van der Waals surface area contributed by atoms with Gasteiger partial charge in [0.15, 0.2) is 16.6 Å². The lowest BCUT2D eigenvalue weighted by Crippen LogP contribution is -2.44. The molecule has 4 rings (SSSR count). The lowest BCUT2D eigenvalue weighted by Gasteiger charge is -2.36. The molecule has 1 saturated carbocycles. The van der Waals surface area contributed by atoms with Gasteiger partial charge in [0.05, 0.1) is 16.2 Å². The molecule has 2 amide bonds. The third-order valence-corrected chi connectivity index (χ3v) is 7.61. The Bertz CT molecular complexity index is 943. The summed E-state index contributed by atoms with van der Waals surface area (Å²) < 4.78 is 11.6. The van der Waals surface area contributed by atoms with E-state index >= 15 is 0 Å². The number of amides is 2. The lowest BCUT2D eigenvalue weighted by molar-refractivity contribution is -0.133. The zero-order valence-corrected chi connectivity index (χ0v) is 18.8. The van der Waals surface area contributed by atoms with Crippen molar-refractivity contribution in [2.24, 2.45) is 5.92 Å². The van der Waals surface area contributed by atoms with Gasteiger partial charge in [-0.25, -0.2) is 9.78 Å². The second-order valence-electron chi connectivity index (χ2n) is 7.83. The van der Waals surface area contributed by atoms with Gasteiger partial charge < -0.3 is 19.5 Å². The van der Waals surface area contributed by atoms with Gasteiger partial charge in [0.2, 0.25) is 6.79 Å². The van der Waals surface area contributed by atoms with Gasteiger partial charge in [-0.15, -0.1) is 11.8 Å². The van der Waals surface area contributed by atoms with Crippen molar-refractivity contribution in [3.8, 4) is 11.5 Å². The van der Waals surface area contributed by atoms with Gasteiger partial charge in [-0.05, 0) is 49.3 Å².